The van der Waals surface area contributed by atoms with Gasteiger partial charge in [0.15, 0.2) is 0 Å². The van der Waals surface area contributed by atoms with Gasteiger partial charge in [-0.1, -0.05) is 80.4 Å². The lowest BCUT2D eigenvalue weighted by Gasteiger charge is -2.41. The zero-order valence-electron chi connectivity index (χ0n) is 19.6. The average Bonchev–Trinajstić information content (AvgIpc) is 2.83. The number of rotatable bonds is 11. The molecule has 0 spiro atoms. The molecule has 3 amide bonds. The highest BCUT2D eigenvalue weighted by molar-refractivity contribution is 5.99. The molecule has 1 aliphatic heterocycles. The second-order valence-corrected chi connectivity index (χ2v) is 8.71. The standard InChI is InChI=1S/C27H35N3O3/c1-3-4-11-18-28-26(32)24(17-16-21-12-7-5-8-13-21)30-20(2)25(31)29-23(27(30)33)19-22-14-9-6-10-15-22/h5-10,12-15,20,23-24H,3-4,11,16-19H2,1-2H3,(H,28,32)(H,29,31)/t20-,23-,24?/m0/s1. The molecule has 1 saturated heterocycles. The van der Waals surface area contributed by atoms with Crippen LogP contribution in [-0.2, 0) is 27.2 Å². The minimum atomic E-state index is -0.702. The van der Waals surface area contributed by atoms with Crippen molar-refractivity contribution in [2.45, 2.75) is 70.5 Å². The van der Waals surface area contributed by atoms with Crippen molar-refractivity contribution < 1.29 is 14.4 Å². The smallest absolute Gasteiger partial charge is 0.246 e. The topological polar surface area (TPSA) is 78.5 Å². The number of hydrogen-bond donors (Lipinski definition) is 2. The first-order chi connectivity index (χ1) is 16.0. The van der Waals surface area contributed by atoms with Gasteiger partial charge in [-0.25, -0.2) is 0 Å². The number of aryl methyl sites for hydroxylation is 1. The van der Waals surface area contributed by atoms with Crippen molar-refractivity contribution >= 4 is 17.7 Å². The zero-order valence-corrected chi connectivity index (χ0v) is 19.6. The molecule has 0 aromatic heterocycles. The van der Waals surface area contributed by atoms with Crippen LogP contribution in [0.15, 0.2) is 60.7 Å². The summed E-state index contributed by atoms with van der Waals surface area (Å²) in [5.41, 5.74) is 2.07. The Morgan fingerprint density at radius 3 is 2.27 bits per heavy atom. The maximum absolute atomic E-state index is 13.6. The highest BCUT2D eigenvalue weighted by Crippen LogP contribution is 2.20. The molecule has 1 unspecified atom stereocenters. The maximum atomic E-state index is 13.6. The Hall–Kier alpha value is -3.15. The van der Waals surface area contributed by atoms with Gasteiger partial charge in [0.25, 0.3) is 0 Å². The number of benzene rings is 2. The first kappa shape index (κ1) is 24.5. The first-order valence-electron chi connectivity index (χ1n) is 12.0. The maximum Gasteiger partial charge on any atom is 0.246 e. The van der Waals surface area contributed by atoms with Crippen LogP contribution in [0.3, 0.4) is 0 Å². The van der Waals surface area contributed by atoms with Crippen molar-refractivity contribution in [1.29, 1.82) is 0 Å². The Kier molecular flexibility index (Phi) is 9.04. The molecular formula is C27H35N3O3. The molecule has 6 nitrogen and oxygen atoms in total. The van der Waals surface area contributed by atoms with E-state index in [1.165, 1.54) is 4.90 Å². The molecule has 0 radical (unpaired) electrons. The van der Waals surface area contributed by atoms with Gasteiger partial charge in [-0.15, -0.1) is 0 Å². The largest absolute Gasteiger partial charge is 0.354 e. The van der Waals surface area contributed by atoms with Gasteiger partial charge in [-0.2, -0.15) is 0 Å². The lowest BCUT2D eigenvalue weighted by Crippen LogP contribution is -2.67. The lowest BCUT2D eigenvalue weighted by molar-refractivity contribution is -0.154. The third-order valence-corrected chi connectivity index (χ3v) is 6.22. The molecule has 0 saturated carbocycles. The van der Waals surface area contributed by atoms with Crippen LogP contribution < -0.4 is 10.6 Å². The van der Waals surface area contributed by atoms with E-state index in [1.54, 1.807) is 6.92 Å². The number of amides is 3. The molecular weight excluding hydrogens is 414 g/mol. The number of piperazine rings is 1. The average molecular weight is 450 g/mol. The van der Waals surface area contributed by atoms with Crippen LogP contribution in [0.25, 0.3) is 0 Å². The van der Waals surface area contributed by atoms with Crippen LogP contribution in [0.2, 0.25) is 0 Å². The molecule has 33 heavy (non-hydrogen) atoms. The number of nitrogens with zero attached hydrogens (tertiary/aromatic N) is 1. The Balaban J connectivity index is 1.80. The minimum absolute atomic E-state index is 0.185. The van der Waals surface area contributed by atoms with Gasteiger partial charge in [-0.3, -0.25) is 14.4 Å². The zero-order chi connectivity index (χ0) is 23.6. The van der Waals surface area contributed by atoms with Crippen LogP contribution >= 0.6 is 0 Å². The molecule has 0 aliphatic carbocycles. The summed E-state index contributed by atoms with van der Waals surface area (Å²) in [6.45, 7) is 4.39. The first-order valence-corrected chi connectivity index (χ1v) is 12.0. The van der Waals surface area contributed by atoms with Crippen molar-refractivity contribution in [1.82, 2.24) is 15.5 Å². The van der Waals surface area contributed by atoms with E-state index in [2.05, 4.69) is 17.6 Å². The third kappa shape index (κ3) is 6.67. The fourth-order valence-electron chi connectivity index (χ4n) is 4.31. The quantitative estimate of drug-likeness (QED) is 0.517. The van der Waals surface area contributed by atoms with Gasteiger partial charge in [0, 0.05) is 13.0 Å². The Morgan fingerprint density at radius 2 is 1.64 bits per heavy atom. The van der Waals surface area contributed by atoms with E-state index >= 15 is 0 Å². The van der Waals surface area contributed by atoms with Gasteiger partial charge >= 0.3 is 0 Å². The second-order valence-electron chi connectivity index (χ2n) is 8.71. The molecule has 1 fully saturated rings. The van der Waals surface area contributed by atoms with Gasteiger partial charge < -0.3 is 15.5 Å². The minimum Gasteiger partial charge on any atom is -0.354 e. The molecule has 1 heterocycles. The molecule has 3 atom stereocenters. The van der Waals surface area contributed by atoms with E-state index in [4.69, 9.17) is 0 Å². The number of carbonyl (C=O) groups excluding carboxylic acids is 3. The number of unbranched alkanes of at least 4 members (excludes halogenated alkanes) is 2. The van der Waals surface area contributed by atoms with Gasteiger partial charge in [-0.05, 0) is 37.3 Å². The summed E-state index contributed by atoms with van der Waals surface area (Å²) in [5.74, 6) is -0.609. The summed E-state index contributed by atoms with van der Waals surface area (Å²) in [6, 6.07) is 17.5. The number of carbonyl (C=O) groups is 3. The summed E-state index contributed by atoms with van der Waals surface area (Å²) < 4.78 is 0. The molecule has 6 heteroatoms. The highest BCUT2D eigenvalue weighted by atomic mass is 16.2. The fourth-order valence-corrected chi connectivity index (χ4v) is 4.31. The Morgan fingerprint density at radius 1 is 1.00 bits per heavy atom. The Bertz CT molecular complexity index is 917. The van der Waals surface area contributed by atoms with E-state index in [9.17, 15) is 14.4 Å². The monoisotopic (exact) mass is 449 g/mol. The second kappa shape index (κ2) is 12.2. The summed E-state index contributed by atoms with van der Waals surface area (Å²) in [4.78, 5) is 41.1. The molecule has 176 valence electrons. The van der Waals surface area contributed by atoms with Crippen molar-refractivity contribution in [3.63, 3.8) is 0 Å². The van der Waals surface area contributed by atoms with E-state index in [0.29, 0.717) is 25.8 Å². The van der Waals surface area contributed by atoms with Gasteiger partial charge in [0.2, 0.25) is 17.7 Å². The van der Waals surface area contributed by atoms with Crippen LogP contribution in [-0.4, -0.2) is 47.3 Å². The predicted octanol–water partition coefficient (Wildman–Crippen LogP) is 3.25. The van der Waals surface area contributed by atoms with Crippen molar-refractivity contribution in [2.75, 3.05) is 6.54 Å². The lowest BCUT2D eigenvalue weighted by atomic mass is 9.96. The molecule has 2 aromatic carbocycles. The van der Waals surface area contributed by atoms with Crippen LogP contribution in [0.1, 0.15) is 50.7 Å². The van der Waals surface area contributed by atoms with Crippen molar-refractivity contribution in [2.24, 2.45) is 0 Å². The third-order valence-electron chi connectivity index (χ3n) is 6.22. The van der Waals surface area contributed by atoms with Crippen molar-refractivity contribution in [3.05, 3.63) is 71.8 Å². The fraction of sp³-hybridized carbons (Fsp3) is 0.444. The Labute approximate surface area is 196 Å². The summed E-state index contributed by atoms with van der Waals surface area (Å²) >= 11 is 0. The van der Waals surface area contributed by atoms with E-state index in [1.807, 2.05) is 60.7 Å². The van der Waals surface area contributed by atoms with Crippen LogP contribution in [0.4, 0.5) is 0 Å². The van der Waals surface area contributed by atoms with Gasteiger partial charge in [0.05, 0.1) is 0 Å². The van der Waals surface area contributed by atoms with E-state index in [0.717, 1.165) is 30.4 Å². The van der Waals surface area contributed by atoms with Crippen LogP contribution in [0.5, 0.6) is 0 Å². The van der Waals surface area contributed by atoms with Crippen molar-refractivity contribution in [3.8, 4) is 0 Å². The SMILES string of the molecule is CCCCCNC(=O)C(CCc1ccccc1)N1C(=O)[C@H](Cc2ccccc2)NC(=O)[C@@H]1C. The molecule has 2 aromatic rings. The molecule has 2 N–H and O–H groups in total. The summed E-state index contributed by atoms with van der Waals surface area (Å²) in [6.07, 6.45) is 4.51. The molecule has 1 aliphatic rings. The molecule has 0 bridgehead atoms. The number of nitrogens with one attached hydrogen (secondary N) is 2. The normalized spacial score (nSPS) is 19.2. The highest BCUT2D eigenvalue weighted by Gasteiger charge is 2.43. The van der Waals surface area contributed by atoms with E-state index in [-0.39, 0.29) is 17.7 Å². The summed E-state index contributed by atoms with van der Waals surface area (Å²) in [7, 11) is 0. The summed E-state index contributed by atoms with van der Waals surface area (Å²) in [5, 5.41) is 5.87. The number of hydrogen-bond acceptors (Lipinski definition) is 3. The van der Waals surface area contributed by atoms with E-state index < -0.39 is 18.1 Å². The van der Waals surface area contributed by atoms with Crippen LogP contribution in [0, 0.1) is 0 Å². The van der Waals surface area contributed by atoms with Gasteiger partial charge in [0.1, 0.15) is 18.1 Å². The predicted molar refractivity (Wildman–Crippen MR) is 129 cm³/mol. The molecule has 3 rings (SSSR count).